The number of carbonyl (C=O) groups excluding carboxylic acids is 2. The molecule has 2 amide bonds. The van der Waals surface area contributed by atoms with Gasteiger partial charge in [-0.2, -0.15) is 0 Å². The first-order valence-corrected chi connectivity index (χ1v) is 8.45. The van der Waals surface area contributed by atoms with Gasteiger partial charge in [0, 0.05) is 12.5 Å². The SMILES string of the molecule is CCC(=O)N(CC(=O)O)c1cc(CNC(=O)[C@@H](N)Cc2ccccc2)on1. The van der Waals surface area contributed by atoms with Crippen molar-refractivity contribution < 1.29 is 24.0 Å². The zero-order valence-corrected chi connectivity index (χ0v) is 14.9. The number of hydrogen-bond acceptors (Lipinski definition) is 6. The summed E-state index contributed by atoms with van der Waals surface area (Å²) in [4.78, 5) is 35.9. The van der Waals surface area contributed by atoms with Crippen molar-refractivity contribution in [3.05, 3.63) is 47.7 Å². The fourth-order valence-corrected chi connectivity index (χ4v) is 2.40. The number of aromatic nitrogens is 1. The summed E-state index contributed by atoms with van der Waals surface area (Å²) < 4.78 is 5.08. The van der Waals surface area contributed by atoms with E-state index in [1.807, 2.05) is 30.3 Å². The molecule has 1 aromatic carbocycles. The summed E-state index contributed by atoms with van der Waals surface area (Å²) in [6.07, 6.45) is 0.520. The lowest BCUT2D eigenvalue weighted by Gasteiger charge is -2.15. The molecular weight excluding hydrogens is 352 g/mol. The Morgan fingerprint density at radius 3 is 2.63 bits per heavy atom. The zero-order valence-electron chi connectivity index (χ0n) is 14.9. The smallest absolute Gasteiger partial charge is 0.323 e. The molecule has 0 saturated heterocycles. The Morgan fingerprint density at radius 1 is 1.30 bits per heavy atom. The number of carbonyl (C=O) groups is 3. The minimum Gasteiger partial charge on any atom is -0.480 e. The summed E-state index contributed by atoms with van der Waals surface area (Å²) in [5.74, 6) is -1.55. The quantitative estimate of drug-likeness (QED) is 0.587. The number of nitrogens with one attached hydrogen (secondary N) is 1. The van der Waals surface area contributed by atoms with Crippen LogP contribution >= 0.6 is 0 Å². The summed E-state index contributed by atoms with van der Waals surface area (Å²) in [6, 6.07) is 10.1. The maximum absolute atomic E-state index is 12.1. The number of anilines is 1. The number of aliphatic carboxylic acids is 1. The van der Waals surface area contributed by atoms with Crippen LogP contribution in [0.25, 0.3) is 0 Å². The van der Waals surface area contributed by atoms with Gasteiger partial charge in [0.15, 0.2) is 11.6 Å². The number of rotatable bonds is 9. The highest BCUT2D eigenvalue weighted by atomic mass is 16.5. The van der Waals surface area contributed by atoms with Gasteiger partial charge in [-0.15, -0.1) is 0 Å². The minimum absolute atomic E-state index is 0.0234. The van der Waals surface area contributed by atoms with Crippen LogP contribution in [-0.4, -0.2) is 40.6 Å². The van der Waals surface area contributed by atoms with E-state index in [9.17, 15) is 14.4 Å². The molecule has 1 atom stereocenters. The van der Waals surface area contributed by atoms with E-state index in [0.29, 0.717) is 6.42 Å². The van der Waals surface area contributed by atoms with E-state index in [0.717, 1.165) is 10.5 Å². The number of benzene rings is 1. The van der Waals surface area contributed by atoms with E-state index in [1.165, 1.54) is 6.07 Å². The van der Waals surface area contributed by atoms with E-state index < -0.39 is 24.5 Å². The van der Waals surface area contributed by atoms with Crippen molar-refractivity contribution >= 4 is 23.6 Å². The van der Waals surface area contributed by atoms with E-state index in [2.05, 4.69) is 10.5 Å². The first kappa shape index (κ1) is 20.1. The molecule has 0 unspecified atom stereocenters. The topological polar surface area (TPSA) is 139 Å². The van der Waals surface area contributed by atoms with E-state index >= 15 is 0 Å². The highest BCUT2D eigenvalue weighted by Gasteiger charge is 2.21. The second-order valence-electron chi connectivity index (χ2n) is 5.89. The summed E-state index contributed by atoms with van der Waals surface area (Å²) in [6.45, 7) is 1.12. The Balaban J connectivity index is 1.93. The fourth-order valence-electron chi connectivity index (χ4n) is 2.40. The van der Waals surface area contributed by atoms with Gasteiger partial charge >= 0.3 is 5.97 Å². The van der Waals surface area contributed by atoms with Crippen LogP contribution in [0.5, 0.6) is 0 Å². The Morgan fingerprint density at radius 2 is 2.00 bits per heavy atom. The average Bonchev–Trinajstić information content (AvgIpc) is 3.12. The molecule has 0 fully saturated rings. The summed E-state index contributed by atoms with van der Waals surface area (Å²) in [5, 5.41) is 15.3. The van der Waals surface area contributed by atoms with E-state index in [4.69, 9.17) is 15.4 Å². The van der Waals surface area contributed by atoms with E-state index in [-0.39, 0.29) is 30.5 Å². The zero-order chi connectivity index (χ0) is 19.8. The van der Waals surface area contributed by atoms with Crippen molar-refractivity contribution in [2.24, 2.45) is 5.73 Å². The standard InChI is InChI=1S/C18H22N4O5/c1-2-16(23)22(11-17(24)25)15-9-13(27-21-15)10-20-18(26)14(19)8-12-6-4-3-5-7-12/h3-7,9,14H,2,8,10-11,19H2,1H3,(H,20,26)(H,24,25)/t14-/m0/s1. The van der Waals surface area contributed by atoms with E-state index in [1.54, 1.807) is 6.92 Å². The molecule has 2 rings (SSSR count). The molecule has 0 aliphatic rings. The van der Waals surface area contributed by atoms with Crippen molar-refractivity contribution in [1.82, 2.24) is 10.5 Å². The number of amides is 2. The number of nitrogens with two attached hydrogens (primary N) is 1. The van der Waals surface area contributed by atoms with Gasteiger partial charge < -0.3 is 20.7 Å². The third-order valence-electron chi connectivity index (χ3n) is 3.79. The lowest BCUT2D eigenvalue weighted by molar-refractivity contribution is -0.136. The highest BCUT2D eigenvalue weighted by molar-refractivity contribution is 5.96. The molecule has 0 aliphatic heterocycles. The third-order valence-corrected chi connectivity index (χ3v) is 3.79. The van der Waals surface area contributed by atoms with Crippen LogP contribution < -0.4 is 16.0 Å². The largest absolute Gasteiger partial charge is 0.480 e. The summed E-state index contributed by atoms with van der Waals surface area (Å²) in [7, 11) is 0. The first-order valence-electron chi connectivity index (χ1n) is 8.45. The van der Waals surface area contributed by atoms with Crippen molar-refractivity contribution in [2.45, 2.75) is 32.4 Å². The maximum atomic E-state index is 12.1. The molecule has 2 aromatic rings. The lowest BCUT2D eigenvalue weighted by Crippen LogP contribution is -2.41. The normalized spacial score (nSPS) is 11.6. The molecule has 0 bridgehead atoms. The predicted molar refractivity (Wildman–Crippen MR) is 96.8 cm³/mol. The molecule has 0 saturated carbocycles. The molecule has 9 nitrogen and oxygen atoms in total. The second kappa shape index (κ2) is 9.48. The maximum Gasteiger partial charge on any atom is 0.323 e. The van der Waals surface area contributed by atoms with Crippen molar-refractivity contribution in [2.75, 3.05) is 11.4 Å². The number of carboxylic acids is 1. The summed E-state index contributed by atoms with van der Waals surface area (Å²) >= 11 is 0. The van der Waals surface area contributed by atoms with Crippen LogP contribution in [0.4, 0.5) is 5.82 Å². The predicted octanol–water partition coefficient (Wildman–Crippen LogP) is 0.688. The molecule has 0 radical (unpaired) electrons. The Kier molecular flexibility index (Phi) is 7.07. The number of nitrogens with zero attached hydrogens (tertiary/aromatic N) is 2. The Labute approximate surface area is 156 Å². The van der Waals surface area contributed by atoms with Gasteiger partial charge in [0.05, 0.1) is 12.6 Å². The fraction of sp³-hybridized carbons (Fsp3) is 0.333. The molecule has 4 N–H and O–H groups in total. The van der Waals surface area contributed by atoms with Crippen molar-refractivity contribution in [1.29, 1.82) is 0 Å². The Hall–Kier alpha value is -3.20. The highest BCUT2D eigenvalue weighted by Crippen LogP contribution is 2.15. The van der Waals surface area contributed by atoms with Crippen LogP contribution in [0.15, 0.2) is 40.9 Å². The molecular formula is C18H22N4O5. The van der Waals surface area contributed by atoms with Gasteiger partial charge in [0.25, 0.3) is 0 Å². The second-order valence-corrected chi connectivity index (χ2v) is 5.89. The van der Waals surface area contributed by atoms with Crippen LogP contribution in [0.2, 0.25) is 0 Å². The van der Waals surface area contributed by atoms with Crippen LogP contribution in [0.1, 0.15) is 24.7 Å². The molecule has 0 spiro atoms. The van der Waals surface area contributed by atoms with Gasteiger partial charge in [-0.25, -0.2) is 0 Å². The molecule has 1 heterocycles. The van der Waals surface area contributed by atoms with Gasteiger partial charge in [-0.1, -0.05) is 42.4 Å². The van der Waals surface area contributed by atoms with Gasteiger partial charge in [-0.05, 0) is 12.0 Å². The lowest BCUT2D eigenvalue weighted by atomic mass is 10.1. The van der Waals surface area contributed by atoms with Crippen LogP contribution in [-0.2, 0) is 27.3 Å². The molecule has 27 heavy (non-hydrogen) atoms. The van der Waals surface area contributed by atoms with Crippen molar-refractivity contribution in [3.63, 3.8) is 0 Å². The van der Waals surface area contributed by atoms with Crippen molar-refractivity contribution in [3.8, 4) is 0 Å². The minimum atomic E-state index is -1.17. The van der Waals surface area contributed by atoms with Crippen LogP contribution in [0.3, 0.4) is 0 Å². The van der Waals surface area contributed by atoms with Gasteiger partial charge in [0.2, 0.25) is 11.8 Å². The van der Waals surface area contributed by atoms with Gasteiger partial charge in [-0.3, -0.25) is 19.3 Å². The van der Waals surface area contributed by atoms with Gasteiger partial charge in [0.1, 0.15) is 6.54 Å². The molecule has 1 aromatic heterocycles. The Bertz CT molecular complexity index is 790. The van der Waals surface area contributed by atoms with Crippen LogP contribution in [0, 0.1) is 0 Å². The first-order chi connectivity index (χ1) is 12.9. The molecule has 144 valence electrons. The monoisotopic (exact) mass is 374 g/mol. The number of hydrogen-bond donors (Lipinski definition) is 3. The molecule has 9 heteroatoms. The molecule has 0 aliphatic carbocycles. The third kappa shape index (κ3) is 5.93. The summed E-state index contributed by atoms with van der Waals surface area (Å²) in [5.41, 5.74) is 6.85. The average molecular weight is 374 g/mol. The number of carboxylic acid groups (broad SMARTS) is 1.